The molecule has 0 spiro atoms. The third-order valence-corrected chi connectivity index (χ3v) is 8.37. The van der Waals surface area contributed by atoms with Crippen LogP contribution < -0.4 is 0 Å². The van der Waals surface area contributed by atoms with Crippen molar-refractivity contribution in [2.24, 2.45) is 17.3 Å². The lowest BCUT2D eigenvalue weighted by atomic mass is 9.62. The number of halogens is 2. The lowest BCUT2D eigenvalue weighted by Crippen LogP contribution is -2.42. The van der Waals surface area contributed by atoms with E-state index in [1.165, 1.54) is 4.88 Å². The van der Waals surface area contributed by atoms with Gasteiger partial charge in [-0.25, -0.2) is 4.39 Å². The first-order valence-electron chi connectivity index (χ1n) is 11.6. The summed E-state index contributed by atoms with van der Waals surface area (Å²) >= 11 is 7.63. The molecule has 1 heterocycles. The Morgan fingerprint density at radius 2 is 2.09 bits per heavy atom. The molecule has 5 atom stereocenters. The molecule has 7 heteroatoms. The van der Waals surface area contributed by atoms with E-state index in [4.69, 9.17) is 16.7 Å². The number of carboxylic acid groups (broad SMARTS) is 1. The summed E-state index contributed by atoms with van der Waals surface area (Å²) in [7, 11) is 0. The Bertz CT molecular complexity index is 804. The Kier molecular flexibility index (Phi) is 9.35. The van der Waals surface area contributed by atoms with Crippen molar-refractivity contribution in [1.82, 2.24) is 0 Å². The van der Waals surface area contributed by atoms with Crippen LogP contribution in [0.4, 0.5) is 4.39 Å². The van der Waals surface area contributed by atoms with Gasteiger partial charge in [-0.15, -0.1) is 11.3 Å². The molecule has 0 aromatic carbocycles. The predicted octanol–water partition coefficient (Wildman–Crippen LogP) is 5.96. The van der Waals surface area contributed by atoms with Gasteiger partial charge in [0.15, 0.2) is 0 Å². The zero-order valence-corrected chi connectivity index (χ0v) is 19.9. The maximum atomic E-state index is 14.5. The number of hydrogen-bond donors (Lipinski definition) is 3. The van der Waals surface area contributed by atoms with Gasteiger partial charge in [0.05, 0.1) is 16.5 Å². The first kappa shape index (κ1) is 25.4. The number of carboxylic acids is 1. The fourth-order valence-electron chi connectivity index (χ4n) is 5.07. The average molecular weight is 485 g/mol. The van der Waals surface area contributed by atoms with E-state index in [1.54, 1.807) is 11.3 Å². The van der Waals surface area contributed by atoms with Gasteiger partial charge in [0, 0.05) is 35.0 Å². The van der Waals surface area contributed by atoms with Crippen LogP contribution in [0.25, 0.3) is 0 Å². The molecule has 0 amide bonds. The van der Waals surface area contributed by atoms with Crippen LogP contribution in [0.5, 0.6) is 0 Å². The average Bonchev–Trinajstić information content (AvgIpc) is 3.23. The second kappa shape index (κ2) is 11.8. The summed E-state index contributed by atoms with van der Waals surface area (Å²) < 4.78 is 15.3. The maximum absolute atomic E-state index is 14.5. The lowest BCUT2D eigenvalue weighted by molar-refractivity contribution is -0.137. The highest BCUT2D eigenvalue weighted by Crippen LogP contribution is 2.48. The molecule has 0 aliphatic heterocycles. The molecule has 3 N–H and O–H groups in total. The molecule has 5 unspecified atom stereocenters. The van der Waals surface area contributed by atoms with Crippen LogP contribution in [-0.4, -0.2) is 39.7 Å². The van der Waals surface area contributed by atoms with Gasteiger partial charge in [0.2, 0.25) is 0 Å². The van der Waals surface area contributed by atoms with Crippen LogP contribution in [0.2, 0.25) is 4.34 Å². The van der Waals surface area contributed by atoms with Crippen molar-refractivity contribution in [3.05, 3.63) is 45.7 Å². The van der Waals surface area contributed by atoms with Gasteiger partial charge in [0.1, 0.15) is 6.17 Å². The predicted molar refractivity (Wildman–Crippen MR) is 127 cm³/mol. The Morgan fingerprint density at radius 3 is 2.72 bits per heavy atom. The number of unbranched alkanes of at least 4 members (excludes halogenated alkanes) is 1. The van der Waals surface area contributed by atoms with Crippen molar-refractivity contribution >= 4 is 28.9 Å². The Labute approximate surface area is 198 Å². The third kappa shape index (κ3) is 6.66. The normalized spacial score (nSPS) is 28.4. The SMILES string of the molecule is O=C(O)CCC/C=C/CC1C(F)CC(O)C1/C=C/CC(O)C1(Cc2ccc(Cl)s2)CCC1. The molecule has 32 heavy (non-hydrogen) atoms. The van der Waals surface area contributed by atoms with E-state index in [0.717, 1.165) is 30.0 Å². The molecule has 2 aliphatic rings. The van der Waals surface area contributed by atoms with Crippen molar-refractivity contribution in [3.63, 3.8) is 0 Å². The topological polar surface area (TPSA) is 77.8 Å². The standard InChI is InChI=1S/C25H34ClFO4S/c26-23-12-11-17(32-23)16-25(13-6-14-25)22(29)9-5-8-19-18(20(27)15-21(19)28)7-3-1-2-4-10-24(30)31/h1,3,5,8,11-12,18-22,28-29H,2,4,6-7,9-10,13-16H2,(H,30,31)/b3-1+,8-5+. The highest BCUT2D eigenvalue weighted by molar-refractivity contribution is 7.16. The molecule has 0 radical (unpaired) electrons. The molecule has 0 saturated heterocycles. The molecule has 1 aromatic rings. The summed E-state index contributed by atoms with van der Waals surface area (Å²) in [4.78, 5) is 11.8. The van der Waals surface area contributed by atoms with Gasteiger partial charge in [-0.05, 0) is 57.1 Å². The second-order valence-electron chi connectivity index (χ2n) is 9.33. The zero-order chi connectivity index (χ0) is 23.1. The van der Waals surface area contributed by atoms with Crippen LogP contribution in [-0.2, 0) is 11.2 Å². The molecule has 1 aromatic heterocycles. The van der Waals surface area contributed by atoms with Crippen molar-refractivity contribution in [2.45, 2.75) is 82.6 Å². The smallest absolute Gasteiger partial charge is 0.303 e. The fraction of sp³-hybridized carbons (Fsp3) is 0.640. The van der Waals surface area contributed by atoms with E-state index in [1.807, 2.05) is 36.4 Å². The monoisotopic (exact) mass is 484 g/mol. The molecule has 178 valence electrons. The summed E-state index contributed by atoms with van der Waals surface area (Å²) in [6.45, 7) is 0. The molecule has 2 aliphatic carbocycles. The van der Waals surface area contributed by atoms with Gasteiger partial charge < -0.3 is 15.3 Å². The number of rotatable bonds is 12. The largest absolute Gasteiger partial charge is 0.481 e. The van der Waals surface area contributed by atoms with Crippen molar-refractivity contribution in [1.29, 1.82) is 0 Å². The molecule has 4 nitrogen and oxygen atoms in total. The van der Waals surface area contributed by atoms with E-state index < -0.39 is 24.3 Å². The third-order valence-electron chi connectivity index (χ3n) is 7.14. The van der Waals surface area contributed by atoms with Crippen molar-refractivity contribution in [3.8, 4) is 0 Å². The molecule has 0 bridgehead atoms. The Balaban J connectivity index is 1.52. The summed E-state index contributed by atoms with van der Waals surface area (Å²) in [5.41, 5.74) is -0.118. The quantitative estimate of drug-likeness (QED) is 0.253. The number of alkyl halides is 1. The highest BCUT2D eigenvalue weighted by atomic mass is 35.5. The van der Waals surface area contributed by atoms with Crippen LogP contribution >= 0.6 is 22.9 Å². The number of aliphatic carboxylic acids is 1. The minimum Gasteiger partial charge on any atom is -0.481 e. The highest BCUT2D eigenvalue weighted by Gasteiger charge is 2.44. The molecular formula is C25H34ClFO4S. The maximum Gasteiger partial charge on any atom is 0.303 e. The van der Waals surface area contributed by atoms with E-state index in [-0.39, 0.29) is 30.1 Å². The van der Waals surface area contributed by atoms with Crippen LogP contribution in [0.1, 0.15) is 62.7 Å². The molecule has 3 rings (SSSR count). The first-order chi connectivity index (χ1) is 15.3. The lowest BCUT2D eigenvalue weighted by Gasteiger charge is -2.45. The Morgan fingerprint density at radius 1 is 1.31 bits per heavy atom. The second-order valence-corrected chi connectivity index (χ2v) is 11.1. The Hall–Kier alpha value is -1.21. The van der Waals surface area contributed by atoms with Crippen LogP contribution in [0.15, 0.2) is 36.4 Å². The van der Waals surface area contributed by atoms with Gasteiger partial charge in [0.25, 0.3) is 0 Å². The summed E-state index contributed by atoms with van der Waals surface area (Å²) in [5.74, 6) is -1.37. The zero-order valence-electron chi connectivity index (χ0n) is 18.3. The number of carbonyl (C=O) groups is 1. The van der Waals surface area contributed by atoms with E-state index in [0.29, 0.717) is 25.7 Å². The fourth-order valence-corrected chi connectivity index (χ4v) is 6.32. The van der Waals surface area contributed by atoms with Crippen molar-refractivity contribution < 1.29 is 24.5 Å². The first-order valence-corrected chi connectivity index (χ1v) is 12.8. The number of hydrogen-bond acceptors (Lipinski definition) is 4. The summed E-state index contributed by atoms with van der Waals surface area (Å²) in [6.07, 6.45) is 11.8. The van der Waals surface area contributed by atoms with Gasteiger partial charge >= 0.3 is 5.97 Å². The minimum absolute atomic E-state index is 0.118. The van der Waals surface area contributed by atoms with Crippen LogP contribution in [0, 0.1) is 17.3 Å². The number of aliphatic hydroxyl groups excluding tert-OH is 2. The summed E-state index contributed by atoms with van der Waals surface area (Å²) in [5, 5.41) is 30.0. The van der Waals surface area contributed by atoms with Gasteiger partial charge in [-0.3, -0.25) is 4.79 Å². The van der Waals surface area contributed by atoms with Gasteiger partial charge in [-0.2, -0.15) is 0 Å². The van der Waals surface area contributed by atoms with E-state index >= 15 is 0 Å². The number of thiophene rings is 1. The molecular weight excluding hydrogens is 451 g/mol. The number of allylic oxidation sites excluding steroid dienone is 2. The van der Waals surface area contributed by atoms with Gasteiger partial charge in [-0.1, -0.05) is 42.3 Å². The van der Waals surface area contributed by atoms with Crippen LogP contribution in [0.3, 0.4) is 0 Å². The minimum atomic E-state index is -1.06. The molecule has 2 fully saturated rings. The van der Waals surface area contributed by atoms with E-state index in [9.17, 15) is 19.4 Å². The summed E-state index contributed by atoms with van der Waals surface area (Å²) in [6, 6.07) is 3.93. The van der Waals surface area contributed by atoms with E-state index in [2.05, 4.69) is 0 Å². The molecule has 2 saturated carbocycles. The van der Waals surface area contributed by atoms with Crippen molar-refractivity contribution in [2.75, 3.05) is 0 Å². The number of aliphatic hydroxyl groups is 2.